The van der Waals surface area contributed by atoms with Crippen molar-refractivity contribution in [1.29, 1.82) is 0 Å². The van der Waals surface area contributed by atoms with Crippen LogP contribution < -0.4 is 4.72 Å². The number of hydrogen-bond donors (Lipinski definition) is 1. The monoisotopic (exact) mass is 282 g/mol. The van der Waals surface area contributed by atoms with Gasteiger partial charge in [0.05, 0.1) is 10.1 Å². The number of hydrogen-bond acceptors (Lipinski definition) is 4. The third kappa shape index (κ3) is 3.68. The van der Waals surface area contributed by atoms with Gasteiger partial charge in [0.15, 0.2) is 0 Å². The Bertz CT molecular complexity index is 617. The fourth-order valence-corrected chi connectivity index (χ4v) is 2.28. The summed E-state index contributed by atoms with van der Waals surface area (Å²) in [5, 5.41) is 1.94. The van der Waals surface area contributed by atoms with Crippen molar-refractivity contribution in [3.8, 4) is 0 Å². The summed E-state index contributed by atoms with van der Waals surface area (Å²) in [5.74, 6) is -0.634. The number of sulfonamides is 1. The van der Waals surface area contributed by atoms with Crippen molar-refractivity contribution in [2.75, 3.05) is 6.54 Å². The van der Waals surface area contributed by atoms with E-state index in [9.17, 15) is 13.2 Å². The van der Waals surface area contributed by atoms with Crippen molar-refractivity contribution < 1.29 is 13.2 Å². The number of nitrogens with one attached hydrogen (secondary N) is 1. The van der Waals surface area contributed by atoms with Crippen LogP contribution in [0.4, 0.5) is 0 Å². The van der Waals surface area contributed by atoms with Crippen molar-refractivity contribution in [2.45, 2.75) is 4.90 Å². The van der Waals surface area contributed by atoms with E-state index >= 15 is 0 Å². The Morgan fingerprint density at radius 2 is 2.28 bits per heavy atom. The highest BCUT2D eigenvalue weighted by atomic mass is 32.2. The SMILES string of the molecule is C=CCNS(=O)(=O)c1cccc(C(=O)N=C=S)c1. The molecule has 5 nitrogen and oxygen atoms in total. The van der Waals surface area contributed by atoms with E-state index in [2.05, 4.69) is 28.5 Å². The van der Waals surface area contributed by atoms with E-state index in [1.165, 1.54) is 30.3 Å². The minimum atomic E-state index is -3.65. The van der Waals surface area contributed by atoms with Crippen molar-refractivity contribution in [3.05, 3.63) is 42.5 Å². The fraction of sp³-hybridized carbons (Fsp3) is 0.0909. The van der Waals surface area contributed by atoms with Crippen LogP contribution in [0.25, 0.3) is 0 Å². The quantitative estimate of drug-likeness (QED) is 0.503. The molecule has 1 aromatic rings. The number of carbonyl (C=O) groups excluding carboxylic acids is 1. The lowest BCUT2D eigenvalue weighted by atomic mass is 10.2. The molecule has 0 unspecified atom stereocenters. The molecule has 0 aliphatic heterocycles. The van der Waals surface area contributed by atoms with Gasteiger partial charge in [-0.25, -0.2) is 13.1 Å². The summed E-state index contributed by atoms with van der Waals surface area (Å²) < 4.78 is 25.9. The highest BCUT2D eigenvalue weighted by Crippen LogP contribution is 2.12. The maximum absolute atomic E-state index is 11.8. The molecule has 0 aliphatic rings. The van der Waals surface area contributed by atoms with E-state index in [1.807, 2.05) is 5.16 Å². The second-order valence-electron chi connectivity index (χ2n) is 3.18. The molecule has 0 bridgehead atoms. The van der Waals surface area contributed by atoms with Gasteiger partial charge in [-0.2, -0.15) is 4.99 Å². The predicted octanol–water partition coefficient (Wildman–Crippen LogP) is 1.39. The summed E-state index contributed by atoms with van der Waals surface area (Å²) in [6, 6.07) is 5.51. The molecule has 0 saturated carbocycles. The maximum atomic E-state index is 11.8. The molecule has 1 aromatic carbocycles. The molecule has 0 atom stereocenters. The molecule has 0 aliphatic carbocycles. The first kappa shape index (κ1) is 14.4. The van der Waals surface area contributed by atoms with Gasteiger partial charge in [0.2, 0.25) is 10.0 Å². The molecule has 7 heteroatoms. The Hall–Kier alpha value is -1.66. The zero-order valence-electron chi connectivity index (χ0n) is 9.29. The average molecular weight is 282 g/mol. The zero-order valence-corrected chi connectivity index (χ0v) is 10.9. The van der Waals surface area contributed by atoms with E-state index in [0.717, 1.165) is 0 Å². The van der Waals surface area contributed by atoms with E-state index in [1.54, 1.807) is 0 Å². The first-order chi connectivity index (χ1) is 8.51. The van der Waals surface area contributed by atoms with E-state index < -0.39 is 15.9 Å². The molecule has 0 aromatic heterocycles. The van der Waals surface area contributed by atoms with Crippen molar-refractivity contribution >= 4 is 33.3 Å². The lowest BCUT2D eigenvalue weighted by Crippen LogP contribution is -2.23. The number of thiocarbonyl (C=S) groups is 1. The summed E-state index contributed by atoms with van der Waals surface area (Å²) in [6.07, 6.45) is 1.42. The molecule has 0 radical (unpaired) electrons. The van der Waals surface area contributed by atoms with E-state index in [0.29, 0.717) is 0 Å². The summed E-state index contributed by atoms with van der Waals surface area (Å²) in [4.78, 5) is 14.7. The predicted molar refractivity (Wildman–Crippen MR) is 71.2 cm³/mol. The van der Waals surface area contributed by atoms with Gasteiger partial charge in [-0.1, -0.05) is 12.1 Å². The second-order valence-corrected chi connectivity index (χ2v) is 5.13. The van der Waals surface area contributed by atoms with Crippen LogP contribution in [0.1, 0.15) is 10.4 Å². The van der Waals surface area contributed by atoms with Crippen LogP contribution >= 0.6 is 12.2 Å². The normalized spacial score (nSPS) is 10.4. The number of amides is 1. The first-order valence-corrected chi connectivity index (χ1v) is 6.73. The largest absolute Gasteiger partial charge is 0.285 e. The average Bonchev–Trinajstić information content (AvgIpc) is 2.37. The molecule has 0 fully saturated rings. The Labute approximate surface area is 110 Å². The molecule has 0 spiro atoms. The topological polar surface area (TPSA) is 75.6 Å². The summed E-state index contributed by atoms with van der Waals surface area (Å²) in [6.45, 7) is 3.52. The van der Waals surface area contributed by atoms with Crippen LogP contribution in [0.15, 0.2) is 46.8 Å². The van der Waals surface area contributed by atoms with Crippen LogP contribution in [0.3, 0.4) is 0 Å². The van der Waals surface area contributed by atoms with Crippen molar-refractivity contribution in [3.63, 3.8) is 0 Å². The Morgan fingerprint density at radius 3 is 2.89 bits per heavy atom. The summed E-state index contributed by atoms with van der Waals surface area (Å²) in [7, 11) is -3.65. The molecule has 1 rings (SSSR count). The van der Waals surface area contributed by atoms with E-state index in [4.69, 9.17) is 0 Å². The number of rotatable bonds is 5. The minimum Gasteiger partial charge on any atom is -0.266 e. The van der Waals surface area contributed by atoms with Gasteiger partial charge in [-0.05, 0) is 30.4 Å². The van der Waals surface area contributed by atoms with Crippen molar-refractivity contribution in [1.82, 2.24) is 4.72 Å². The minimum absolute atomic E-state index is 0.0187. The lowest BCUT2D eigenvalue weighted by Gasteiger charge is -2.05. The van der Waals surface area contributed by atoms with Gasteiger partial charge >= 0.3 is 0 Å². The van der Waals surface area contributed by atoms with Crippen LogP contribution in [-0.2, 0) is 10.0 Å². The summed E-state index contributed by atoms with van der Waals surface area (Å²) in [5.41, 5.74) is 0.133. The molecular formula is C11H10N2O3S2. The lowest BCUT2D eigenvalue weighted by molar-refractivity contribution is 0.100. The number of isothiocyanates is 1. The Balaban J connectivity index is 3.12. The highest BCUT2D eigenvalue weighted by molar-refractivity contribution is 7.89. The molecule has 0 heterocycles. The summed E-state index contributed by atoms with van der Waals surface area (Å²) >= 11 is 4.31. The van der Waals surface area contributed by atoms with Gasteiger partial charge in [0, 0.05) is 12.1 Å². The van der Waals surface area contributed by atoms with Gasteiger partial charge in [-0.3, -0.25) is 4.79 Å². The second kappa shape index (κ2) is 6.32. The molecule has 1 N–H and O–H groups in total. The molecular weight excluding hydrogens is 272 g/mol. The maximum Gasteiger partial charge on any atom is 0.285 e. The van der Waals surface area contributed by atoms with Gasteiger partial charge in [0.25, 0.3) is 5.91 Å². The van der Waals surface area contributed by atoms with Crippen LogP contribution in [0.5, 0.6) is 0 Å². The number of benzene rings is 1. The van der Waals surface area contributed by atoms with Crippen LogP contribution in [0.2, 0.25) is 0 Å². The third-order valence-corrected chi connectivity index (χ3v) is 3.47. The number of aliphatic imine (C=N–C) groups is 1. The first-order valence-electron chi connectivity index (χ1n) is 4.84. The van der Waals surface area contributed by atoms with Gasteiger partial charge in [0.1, 0.15) is 0 Å². The third-order valence-electron chi connectivity index (χ3n) is 1.96. The molecule has 0 saturated heterocycles. The fourth-order valence-electron chi connectivity index (χ4n) is 1.15. The Kier molecular flexibility index (Phi) is 5.06. The van der Waals surface area contributed by atoms with Gasteiger partial charge in [-0.15, -0.1) is 6.58 Å². The molecule has 1 amide bonds. The highest BCUT2D eigenvalue weighted by Gasteiger charge is 2.14. The molecule has 94 valence electrons. The number of carbonyl (C=O) groups is 1. The van der Waals surface area contributed by atoms with Crippen molar-refractivity contribution in [2.24, 2.45) is 4.99 Å². The van der Waals surface area contributed by atoms with Gasteiger partial charge < -0.3 is 0 Å². The Morgan fingerprint density at radius 1 is 1.56 bits per heavy atom. The van der Waals surface area contributed by atoms with E-state index in [-0.39, 0.29) is 17.0 Å². The van der Waals surface area contributed by atoms with Crippen LogP contribution in [-0.4, -0.2) is 26.0 Å². The van der Waals surface area contributed by atoms with Crippen LogP contribution in [0, 0.1) is 0 Å². The molecule has 18 heavy (non-hydrogen) atoms. The smallest absolute Gasteiger partial charge is 0.266 e. The number of nitrogens with zero attached hydrogens (tertiary/aromatic N) is 1. The zero-order chi connectivity index (χ0) is 13.6. The standard InChI is InChI=1S/C11H10N2O3S2/c1-2-6-13-18(15,16)10-5-3-4-9(7-10)11(14)12-8-17/h2-5,7,13H,1,6H2.